The summed E-state index contributed by atoms with van der Waals surface area (Å²) in [5.74, 6) is -0.140. The molecule has 0 bridgehead atoms. The highest BCUT2D eigenvalue weighted by Crippen LogP contribution is 2.44. The van der Waals surface area contributed by atoms with E-state index in [4.69, 9.17) is 9.26 Å². The number of ether oxygens (including phenoxy) is 1. The zero-order chi connectivity index (χ0) is 15.0. The number of hydrogen-bond donors (Lipinski definition) is 0. The Morgan fingerprint density at radius 3 is 2.60 bits per heavy atom. The number of hydrogen-bond acceptors (Lipinski definition) is 7. The van der Waals surface area contributed by atoms with E-state index < -0.39 is 20.5 Å². The summed E-state index contributed by atoms with van der Waals surface area (Å²) >= 11 is 0. The smallest absolute Gasteiger partial charge is 0.321 e. The monoisotopic (exact) mass is 302 g/mol. The van der Waals surface area contributed by atoms with Crippen LogP contribution >= 0.6 is 0 Å². The Labute approximate surface area is 117 Å². The highest BCUT2D eigenvalue weighted by Gasteiger charge is 2.52. The van der Waals surface area contributed by atoms with E-state index in [0.29, 0.717) is 12.8 Å². The second-order valence-electron chi connectivity index (χ2n) is 5.09. The second kappa shape index (κ2) is 5.16. The third-order valence-electron chi connectivity index (χ3n) is 3.73. The van der Waals surface area contributed by atoms with Gasteiger partial charge >= 0.3 is 5.97 Å². The number of carbonyl (C=O) groups is 1. The number of sulfone groups is 1. The van der Waals surface area contributed by atoms with Crippen molar-refractivity contribution in [2.45, 2.75) is 43.8 Å². The quantitative estimate of drug-likeness (QED) is 0.752. The summed E-state index contributed by atoms with van der Waals surface area (Å²) < 4.78 is 33.2. The van der Waals surface area contributed by atoms with Crippen LogP contribution in [0.5, 0.6) is 0 Å². The molecule has 0 aliphatic heterocycles. The molecule has 8 heteroatoms. The fourth-order valence-electron chi connectivity index (χ4n) is 2.09. The summed E-state index contributed by atoms with van der Waals surface area (Å²) in [7, 11) is -3.31. The van der Waals surface area contributed by atoms with Gasteiger partial charge in [0.1, 0.15) is 10.7 Å². The first kappa shape index (κ1) is 15.0. The third kappa shape index (κ3) is 2.44. The van der Waals surface area contributed by atoms with Crippen LogP contribution in [-0.4, -0.2) is 37.4 Å². The van der Waals surface area contributed by atoms with Crippen LogP contribution in [0.1, 0.15) is 50.1 Å². The molecule has 0 N–H and O–H groups in total. The standard InChI is InChI=1S/C12H18N2O5S/c1-4-18-11(15)12(6-5-7-12)10-13-9(14-19-10)8(2)20(3,16)17/h8H,4-7H2,1-3H3. The van der Waals surface area contributed by atoms with E-state index in [1.165, 1.54) is 6.92 Å². The maximum Gasteiger partial charge on any atom is 0.321 e. The van der Waals surface area contributed by atoms with Crippen molar-refractivity contribution in [3.63, 3.8) is 0 Å². The number of carbonyl (C=O) groups excluding carboxylic acids is 1. The van der Waals surface area contributed by atoms with E-state index in [9.17, 15) is 13.2 Å². The fourth-order valence-corrected chi connectivity index (χ4v) is 2.57. The molecule has 1 aliphatic rings. The Morgan fingerprint density at radius 1 is 1.50 bits per heavy atom. The average Bonchev–Trinajstić information content (AvgIpc) is 2.75. The van der Waals surface area contributed by atoms with Gasteiger partial charge in [0.25, 0.3) is 0 Å². The third-order valence-corrected chi connectivity index (χ3v) is 5.23. The van der Waals surface area contributed by atoms with Crippen LogP contribution in [-0.2, 0) is 24.8 Å². The van der Waals surface area contributed by atoms with Gasteiger partial charge in [0, 0.05) is 6.26 Å². The van der Waals surface area contributed by atoms with Crippen molar-refractivity contribution >= 4 is 15.8 Å². The van der Waals surface area contributed by atoms with Gasteiger partial charge in [-0.05, 0) is 26.7 Å². The molecule has 7 nitrogen and oxygen atoms in total. The molecule has 1 heterocycles. The maximum absolute atomic E-state index is 12.1. The lowest BCUT2D eigenvalue weighted by atomic mass is 9.68. The van der Waals surface area contributed by atoms with Crippen molar-refractivity contribution < 1.29 is 22.5 Å². The van der Waals surface area contributed by atoms with Gasteiger partial charge in [0.2, 0.25) is 5.89 Å². The van der Waals surface area contributed by atoms with Crippen LogP contribution in [0.25, 0.3) is 0 Å². The Hall–Kier alpha value is -1.44. The van der Waals surface area contributed by atoms with E-state index in [-0.39, 0.29) is 24.3 Å². The van der Waals surface area contributed by atoms with E-state index in [2.05, 4.69) is 10.1 Å². The fraction of sp³-hybridized carbons (Fsp3) is 0.750. The average molecular weight is 302 g/mol. The highest BCUT2D eigenvalue weighted by atomic mass is 32.2. The highest BCUT2D eigenvalue weighted by molar-refractivity contribution is 7.90. The molecule has 112 valence electrons. The van der Waals surface area contributed by atoms with E-state index >= 15 is 0 Å². The topological polar surface area (TPSA) is 99.4 Å². The van der Waals surface area contributed by atoms with Crippen molar-refractivity contribution in [2.75, 3.05) is 12.9 Å². The molecule has 0 amide bonds. The largest absolute Gasteiger partial charge is 0.465 e. The molecule has 0 spiro atoms. The molecular weight excluding hydrogens is 284 g/mol. The molecule has 1 aliphatic carbocycles. The molecule has 2 rings (SSSR count). The Bertz CT molecular complexity index is 603. The van der Waals surface area contributed by atoms with Crippen LogP contribution in [0.2, 0.25) is 0 Å². The van der Waals surface area contributed by atoms with Crippen molar-refractivity contribution in [1.29, 1.82) is 0 Å². The van der Waals surface area contributed by atoms with Crippen LogP contribution in [0.3, 0.4) is 0 Å². The van der Waals surface area contributed by atoms with E-state index in [0.717, 1.165) is 12.7 Å². The zero-order valence-corrected chi connectivity index (χ0v) is 12.6. The summed E-state index contributed by atoms with van der Waals surface area (Å²) in [5.41, 5.74) is -0.890. The summed E-state index contributed by atoms with van der Waals surface area (Å²) in [6, 6.07) is 0. The molecule has 1 saturated carbocycles. The molecule has 20 heavy (non-hydrogen) atoms. The van der Waals surface area contributed by atoms with Gasteiger partial charge in [0.15, 0.2) is 15.7 Å². The van der Waals surface area contributed by atoms with Crippen LogP contribution < -0.4 is 0 Å². The zero-order valence-electron chi connectivity index (χ0n) is 11.7. The lowest BCUT2D eigenvalue weighted by molar-refractivity contribution is -0.155. The van der Waals surface area contributed by atoms with Gasteiger partial charge < -0.3 is 9.26 Å². The minimum Gasteiger partial charge on any atom is -0.465 e. The summed E-state index contributed by atoms with van der Waals surface area (Å²) in [6.07, 6.45) is 3.15. The summed E-state index contributed by atoms with van der Waals surface area (Å²) in [6.45, 7) is 3.50. The number of esters is 1. The van der Waals surface area contributed by atoms with Gasteiger partial charge in [-0.15, -0.1) is 0 Å². The number of aromatic nitrogens is 2. The van der Waals surface area contributed by atoms with Gasteiger partial charge in [-0.3, -0.25) is 4.79 Å². The van der Waals surface area contributed by atoms with E-state index in [1.54, 1.807) is 6.92 Å². The molecule has 0 radical (unpaired) electrons. The van der Waals surface area contributed by atoms with Crippen molar-refractivity contribution in [3.05, 3.63) is 11.7 Å². The lowest BCUT2D eigenvalue weighted by Gasteiger charge is -2.35. The first-order valence-electron chi connectivity index (χ1n) is 6.51. The van der Waals surface area contributed by atoms with Crippen LogP contribution in [0, 0.1) is 0 Å². The SMILES string of the molecule is CCOC(=O)C1(c2nc(C(C)S(C)(=O)=O)no2)CCC1. The summed E-state index contributed by atoms with van der Waals surface area (Å²) in [5, 5.41) is 2.84. The first-order valence-corrected chi connectivity index (χ1v) is 8.47. The van der Waals surface area contributed by atoms with Crippen molar-refractivity contribution in [2.24, 2.45) is 0 Å². The van der Waals surface area contributed by atoms with Gasteiger partial charge in [0.05, 0.1) is 6.61 Å². The Morgan fingerprint density at radius 2 is 2.15 bits per heavy atom. The second-order valence-corrected chi connectivity index (χ2v) is 7.45. The molecule has 0 saturated heterocycles. The molecule has 1 aromatic heterocycles. The van der Waals surface area contributed by atoms with E-state index in [1.807, 2.05) is 0 Å². The van der Waals surface area contributed by atoms with Crippen LogP contribution in [0.4, 0.5) is 0 Å². The Kier molecular flexibility index (Phi) is 3.86. The molecule has 0 aromatic carbocycles. The van der Waals surface area contributed by atoms with Crippen LogP contribution in [0.15, 0.2) is 4.52 Å². The molecular formula is C12H18N2O5S. The minimum atomic E-state index is -3.31. The number of nitrogens with zero attached hydrogens (tertiary/aromatic N) is 2. The van der Waals surface area contributed by atoms with Gasteiger partial charge in [-0.1, -0.05) is 11.6 Å². The minimum absolute atomic E-state index is 0.0815. The predicted octanol–water partition coefficient (Wildman–Crippen LogP) is 1.16. The number of rotatable bonds is 5. The molecule has 1 atom stereocenters. The molecule has 1 fully saturated rings. The Balaban J connectivity index is 2.30. The van der Waals surface area contributed by atoms with Gasteiger partial charge in [-0.25, -0.2) is 8.42 Å². The van der Waals surface area contributed by atoms with Crippen molar-refractivity contribution in [1.82, 2.24) is 10.1 Å². The first-order chi connectivity index (χ1) is 9.31. The van der Waals surface area contributed by atoms with Crippen molar-refractivity contribution in [3.8, 4) is 0 Å². The van der Waals surface area contributed by atoms with Gasteiger partial charge in [-0.2, -0.15) is 4.98 Å². The molecule has 1 unspecified atom stereocenters. The summed E-state index contributed by atoms with van der Waals surface area (Å²) in [4.78, 5) is 16.2. The predicted molar refractivity (Wildman–Crippen MR) is 69.7 cm³/mol. The maximum atomic E-state index is 12.1. The lowest BCUT2D eigenvalue weighted by Crippen LogP contribution is -2.44. The normalized spacial score (nSPS) is 19.1. The molecule has 1 aromatic rings.